The molecule has 0 spiro atoms. The molecule has 1 atom stereocenters. The molecule has 1 aromatic rings. The van der Waals surface area contributed by atoms with E-state index in [4.69, 9.17) is 0 Å². The van der Waals surface area contributed by atoms with Crippen molar-refractivity contribution in [1.29, 1.82) is 0 Å². The van der Waals surface area contributed by atoms with Gasteiger partial charge in [0.25, 0.3) is 0 Å². The van der Waals surface area contributed by atoms with E-state index in [1.54, 1.807) is 13.0 Å². The van der Waals surface area contributed by atoms with E-state index in [0.29, 0.717) is 5.56 Å². The minimum atomic E-state index is -4.26. The fraction of sp³-hybridized carbons (Fsp3) is 0.500. The van der Waals surface area contributed by atoms with Crippen LogP contribution in [-0.4, -0.2) is 6.54 Å². The van der Waals surface area contributed by atoms with Crippen LogP contribution in [0, 0.1) is 6.92 Å². The highest BCUT2D eigenvalue weighted by molar-refractivity contribution is 5.34. The summed E-state index contributed by atoms with van der Waals surface area (Å²) < 4.78 is 37.3. The first kappa shape index (κ1) is 13.0. The van der Waals surface area contributed by atoms with Crippen LogP contribution < -0.4 is 5.32 Å². The lowest BCUT2D eigenvalue weighted by Crippen LogP contribution is -2.19. The normalized spacial score (nSPS) is 13.9. The van der Waals surface area contributed by atoms with E-state index in [-0.39, 0.29) is 6.04 Å². The maximum atomic E-state index is 12.4. The number of benzene rings is 1. The van der Waals surface area contributed by atoms with Crippen molar-refractivity contribution in [3.8, 4) is 0 Å². The van der Waals surface area contributed by atoms with E-state index < -0.39 is 11.7 Å². The summed E-state index contributed by atoms with van der Waals surface area (Å²) in [5.74, 6) is 0. The molecule has 0 aliphatic heterocycles. The Morgan fingerprint density at radius 2 is 1.94 bits per heavy atom. The third-order valence-corrected chi connectivity index (χ3v) is 2.57. The average molecular weight is 231 g/mol. The summed E-state index contributed by atoms with van der Waals surface area (Å²) in [6.45, 7) is 6.41. The Bertz CT molecular complexity index is 358. The SMILES string of the molecule is CCNC(C)c1ccc(C(F)(F)F)cc1C. The molecule has 4 heteroatoms. The summed E-state index contributed by atoms with van der Waals surface area (Å²) >= 11 is 0. The Hall–Kier alpha value is -1.03. The minimum Gasteiger partial charge on any atom is -0.310 e. The van der Waals surface area contributed by atoms with Crippen molar-refractivity contribution in [2.75, 3.05) is 6.54 Å². The Morgan fingerprint density at radius 3 is 2.38 bits per heavy atom. The van der Waals surface area contributed by atoms with Gasteiger partial charge in [0.15, 0.2) is 0 Å². The molecular weight excluding hydrogens is 215 g/mol. The molecule has 0 fully saturated rings. The van der Waals surface area contributed by atoms with E-state index in [0.717, 1.165) is 18.2 Å². The molecular formula is C12H16F3N. The number of hydrogen-bond donors (Lipinski definition) is 1. The van der Waals surface area contributed by atoms with Crippen LogP contribution >= 0.6 is 0 Å². The van der Waals surface area contributed by atoms with Gasteiger partial charge in [0.1, 0.15) is 0 Å². The van der Waals surface area contributed by atoms with Gasteiger partial charge in [-0.3, -0.25) is 0 Å². The van der Waals surface area contributed by atoms with Crippen molar-refractivity contribution in [1.82, 2.24) is 5.32 Å². The predicted molar refractivity (Wildman–Crippen MR) is 58.3 cm³/mol. The summed E-state index contributed by atoms with van der Waals surface area (Å²) in [6, 6.07) is 3.96. The average Bonchev–Trinajstić information content (AvgIpc) is 2.16. The number of alkyl halides is 3. The van der Waals surface area contributed by atoms with E-state index in [2.05, 4.69) is 5.32 Å². The molecule has 16 heavy (non-hydrogen) atoms. The molecule has 0 aliphatic carbocycles. The van der Waals surface area contributed by atoms with Gasteiger partial charge in [-0.15, -0.1) is 0 Å². The molecule has 0 bridgehead atoms. The smallest absolute Gasteiger partial charge is 0.310 e. The van der Waals surface area contributed by atoms with Gasteiger partial charge in [-0.2, -0.15) is 13.2 Å². The second-order valence-electron chi connectivity index (χ2n) is 3.85. The minimum absolute atomic E-state index is 0.0762. The molecule has 1 nitrogen and oxygen atoms in total. The zero-order valence-electron chi connectivity index (χ0n) is 9.65. The van der Waals surface area contributed by atoms with Crippen LogP contribution in [0.4, 0.5) is 13.2 Å². The summed E-state index contributed by atoms with van der Waals surface area (Å²) in [6.07, 6.45) is -4.26. The summed E-state index contributed by atoms with van der Waals surface area (Å²) in [7, 11) is 0. The Balaban J connectivity index is 3.00. The summed E-state index contributed by atoms with van der Waals surface area (Å²) in [5, 5.41) is 3.18. The van der Waals surface area contributed by atoms with Gasteiger partial charge in [0, 0.05) is 6.04 Å². The highest BCUT2D eigenvalue weighted by Crippen LogP contribution is 2.31. The first-order chi connectivity index (χ1) is 7.36. The first-order valence-corrected chi connectivity index (χ1v) is 5.27. The second-order valence-corrected chi connectivity index (χ2v) is 3.85. The maximum Gasteiger partial charge on any atom is 0.416 e. The molecule has 0 aliphatic rings. The van der Waals surface area contributed by atoms with E-state index >= 15 is 0 Å². The highest BCUT2D eigenvalue weighted by Gasteiger charge is 2.30. The van der Waals surface area contributed by atoms with Crippen molar-refractivity contribution in [2.45, 2.75) is 33.0 Å². The molecule has 90 valence electrons. The van der Waals surface area contributed by atoms with Gasteiger partial charge in [-0.05, 0) is 43.7 Å². The lowest BCUT2D eigenvalue weighted by atomic mass is 9.99. The lowest BCUT2D eigenvalue weighted by molar-refractivity contribution is -0.137. The molecule has 0 saturated carbocycles. The zero-order chi connectivity index (χ0) is 12.3. The molecule has 0 aromatic heterocycles. The number of hydrogen-bond acceptors (Lipinski definition) is 1. The Kier molecular flexibility index (Phi) is 3.97. The van der Waals surface area contributed by atoms with Crippen molar-refractivity contribution in [3.63, 3.8) is 0 Å². The highest BCUT2D eigenvalue weighted by atomic mass is 19.4. The van der Waals surface area contributed by atoms with Gasteiger partial charge < -0.3 is 5.32 Å². The van der Waals surface area contributed by atoms with Gasteiger partial charge in [0.05, 0.1) is 5.56 Å². The van der Waals surface area contributed by atoms with Gasteiger partial charge in [-0.1, -0.05) is 13.0 Å². The van der Waals surface area contributed by atoms with Crippen LogP contribution in [0.15, 0.2) is 18.2 Å². The molecule has 0 amide bonds. The van der Waals surface area contributed by atoms with Crippen molar-refractivity contribution in [3.05, 3.63) is 34.9 Å². The third-order valence-electron chi connectivity index (χ3n) is 2.57. The predicted octanol–water partition coefficient (Wildman–Crippen LogP) is 3.68. The standard InChI is InChI=1S/C12H16F3N/c1-4-16-9(3)11-6-5-10(7-8(11)2)12(13,14)15/h5-7,9,16H,4H2,1-3H3. The third kappa shape index (κ3) is 2.98. The maximum absolute atomic E-state index is 12.4. The Labute approximate surface area is 93.7 Å². The van der Waals surface area contributed by atoms with E-state index in [1.165, 1.54) is 6.07 Å². The van der Waals surface area contributed by atoms with Crippen LogP contribution in [-0.2, 0) is 6.18 Å². The van der Waals surface area contributed by atoms with Crippen molar-refractivity contribution in [2.24, 2.45) is 0 Å². The monoisotopic (exact) mass is 231 g/mol. The van der Waals surface area contributed by atoms with E-state index in [9.17, 15) is 13.2 Å². The largest absolute Gasteiger partial charge is 0.416 e. The van der Waals surface area contributed by atoms with E-state index in [1.807, 2.05) is 13.8 Å². The zero-order valence-corrected chi connectivity index (χ0v) is 9.65. The molecule has 1 aromatic carbocycles. The van der Waals surface area contributed by atoms with Crippen molar-refractivity contribution < 1.29 is 13.2 Å². The quantitative estimate of drug-likeness (QED) is 0.836. The van der Waals surface area contributed by atoms with Crippen LogP contribution in [0.3, 0.4) is 0 Å². The topological polar surface area (TPSA) is 12.0 Å². The van der Waals surface area contributed by atoms with Gasteiger partial charge in [-0.25, -0.2) is 0 Å². The second kappa shape index (κ2) is 4.87. The fourth-order valence-electron chi connectivity index (χ4n) is 1.75. The van der Waals surface area contributed by atoms with Crippen molar-refractivity contribution >= 4 is 0 Å². The number of aryl methyl sites for hydroxylation is 1. The van der Waals surface area contributed by atoms with Crippen LogP contribution in [0.5, 0.6) is 0 Å². The number of rotatable bonds is 3. The number of nitrogens with one attached hydrogen (secondary N) is 1. The molecule has 0 saturated heterocycles. The molecule has 0 radical (unpaired) electrons. The van der Waals surface area contributed by atoms with Crippen LogP contribution in [0.2, 0.25) is 0 Å². The van der Waals surface area contributed by atoms with Crippen LogP contribution in [0.25, 0.3) is 0 Å². The van der Waals surface area contributed by atoms with Gasteiger partial charge in [0.2, 0.25) is 0 Å². The van der Waals surface area contributed by atoms with Crippen LogP contribution in [0.1, 0.15) is 36.6 Å². The lowest BCUT2D eigenvalue weighted by Gasteiger charge is -2.17. The fourth-order valence-corrected chi connectivity index (χ4v) is 1.75. The number of halogens is 3. The first-order valence-electron chi connectivity index (χ1n) is 5.27. The van der Waals surface area contributed by atoms with Gasteiger partial charge >= 0.3 is 6.18 Å². The molecule has 1 rings (SSSR count). The summed E-state index contributed by atoms with van der Waals surface area (Å²) in [4.78, 5) is 0. The molecule has 0 heterocycles. The molecule has 1 N–H and O–H groups in total. The Morgan fingerprint density at radius 1 is 1.31 bits per heavy atom. The molecule has 1 unspecified atom stereocenters. The summed E-state index contributed by atoms with van der Waals surface area (Å²) in [5.41, 5.74) is 0.996.